The van der Waals surface area contributed by atoms with E-state index in [1.165, 1.54) is 17.7 Å². The van der Waals surface area contributed by atoms with Gasteiger partial charge in [-0.25, -0.2) is 4.79 Å². The van der Waals surface area contributed by atoms with Gasteiger partial charge in [-0.15, -0.1) is 0 Å². The third kappa shape index (κ3) is 3.26. The maximum Gasteiger partial charge on any atom is 0.337 e. The molecule has 0 amide bonds. The monoisotopic (exact) mass is 276 g/mol. The fourth-order valence-corrected chi connectivity index (χ4v) is 1.95. The number of carbonyl (C=O) groups is 1. The second-order valence-electron chi connectivity index (χ2n) is 4.05. The smallest absolute Gasteiger partial charge is 0.337 e. The van der Waals surface area contributed by atoms with Crippen LogP contribution in [0.1, 0.15) is 22.8 Å². The van der Waals surface area contributed by atoms with E-state index in [1.807, 2.05) is 24.3 Å². The molecule has 0 fully saturated rings. The normalized spacial score (nSPS) is 10.2. The molecule has 0 bridgehead atoms. The zero-order valence-corrected chi connectivity index (χ0v) is 11.1. The zero-order chi connectivity index (χ0) is 13.8. The van der Waals surface area contributed by atoms with Gasteiger partial charge in [0.1, 0.15) is 11.5 Å². The van der Waals surface area contributed by atoms with Crippen molar-refractivity contribution in [2.24, 2.45) is 0 Å². The molecule has 0 aliphatic carbocycles. The molecule has 98 valence electrons. The molecule has 0 spiro atoms. The molecule has 2 aromatic rings. The van der Waals surface area contributed by atoms with Gasteiger partial charge in [-0.1, -0.05) is 30.7 Å². The van der Waals surface area contributed by atoms with E-state index in [2.05, 4.69) is 6.92 Å². The van der Waals surface area contributed by atoms with Crippen molar-refractivity contribution in [3.05, 3.63) is 58.6 Å². The second kappa shape index (κ2) is 5.76. The molecule has 0 aliphatic heterocycles. The van der Waals surface area contributed by atoms with E-state index >= 15 is 0 Å². The number of aryl methyl sites for hydroxylation is 1. The lowest BCUT2D eigenvalue weighted by Gasteiger charge is -2.08. The van der Waals surface area contributed by atoms with Gasteiger partial charge in [-0.3, -0.25) is 0 Å². The van der Waals surface area contributed by atoms with E-state index in [1.54, 1.807) is 6.07 Å². The quantitative estimate of drug-likeness (QED) is 0.901. The Kier molecular flexibility index (Phi) is 4.07. The molecule has 0 atom stereocenters. The summed E-state index contributed by atoms with van der Waals surface area (Å²) in [7, 11) is 0. The summed E-state index contributed by atoms with van der Waals surface area (Å²) in [5.74, 6) is 0.172. The molecule has 2 aromatic carbocycles. The minimum absolute atomic E-state index is 0.0660. The lowest BCUT2D eigenvalue weighted by Crippen LogP contribution is -1.97. The summed E-state index contributed by atoms with van der Waals surface area (Å²) in [6.07, 6.45) is 0.926. The average molecular weight is 277 g/mol. The first-order valence-corrected chi connectivity index (χ1v) is 6.27. The first kappa shape index (κ1) is 13.4. The molecular weight excluding hydrogens is 264 g/mol. The van der Waals surface area contributed by atoms with E-state index in [0.717, 1.165) is 6.42 Å². The number of benzene rings is 2. The summed E-state index contributed by atoms with van der Waals surface area (Å²) in [4.78, 5) is 10.8. The highest BCUT2D eigenvalue weighted by molar-refractivity contribution is 6.33. The number of aromatic carboxylic acids is 1. The van der Waals surface area contributed by atoms with Gasteiger partial charge in [-0.2, -0.15) is 0 Å². The summed E-state index contributed by atoms with van der Waals surface area (Å²) >= 11 is 5.89. The Hall–Kier alpha value is -2.00. The van der Waals surface area contributed by atoms with E-state index in [4.69, 9.17) is 21.4 Å². The summed E-state index contributed by atoms with van der Waals surface area (Å²) in [6, 6.07) is 12.3. The first-order valence-electron chi connectivity index (χ1n) is 5.90. The SMILES string of the molecule is CCc1cccc(Oc2ccc(C(=O)O)c(Cl)c2)c1. The van der Waals surface area contributed by atoms with Gasteiger partial charge < -0.3 is 9.84 Å². The van der Waals surface area contributed by atoms with Crippen LogP contribution < -0.4 is 4.74 Å². The molecule has 0 radical (unpaired) electrons. The third-order valence-electron chi connectivity index (χ3n) is 2.71. The Labute approximate surface area is 116 Å². The molecule has 0 saturated heterocycles. The van der Waals surface area contributed by atoms with Crippen molar-refractivity contribution >= 4 is 17.6 Å². The lowest BCUT2D eigenvalue weighted by atomic mass is 10.1. The lowest BCUT2D eigenvalue weighted by molar-refractivity contribution is 0.0697. The molecule has 0 aliphatic rings. The van der Waals surface area contributed by atoms with Crippen LogP contribution in [-0.2, 0) is 6.42 Å². The van der Waals surface area contributed by atoms with Crippen molar-refractivity contribution in [1.82, 2.24) is 0 Å². The maximum atomic E-state index is 10.8. The van der Waals surface area contributed by atoms with E-state index in [0.29, 0.717) is 11.5 Å². The van der Waals surface area contributed by atoms with Gasteiger partial charge >= 0.3 is 5.97 Å². The van der Waals surface area contributed by atoms with Crippen molar-refractivity contribution in [3.8, 4) is 11.5 Å². The number of carboxylic acid groups (broad SMARTS) is 1. The van der Waals surface area contributed by atoms with E-state index in [9.17, 15) is 4.79 Å². The number of carboxylic acids is 1. The number of hydrogen-bond acceptors (Lipinski definition) is 2. The van der Waals surface area contributed by atoms with Crippen LogP contribution in [0.2, 0.25) is 5.02 Å². The average Bonchev–Trinajstić information content (AvgIpc) is 2.38. The summed E-state index contributed by atoms with van der Waals surface area (Å²) in [6.45, 7) is 2.07. The van der Waals surface area contributed by atoms with Crippen LogP contribution in [0.25, 0.3) is 0 Å². The third-order valence-corrected chi connectivity index (χ3v) is 3.03. The Balaban J connectivity index is 2.23. The molecule has 2 rings (SSSR count). The van der Waals surface area contributed by atoms with Crippen molar-refractivity contribution in [1.29, 1.82) is 0 Å². The number of rotatable bonds is 4. The van der Waals surface area contributed by atoms with Crippen LogP contribution in [0.15, 0.2) is 42.5 Å². The second-order valence-corrected chi connectivity index (χ2v) is 4.46. The predicted octanol–water partition coefficient (Wildman–Crippen LogP) is 4.39. The predicted molar refractivity (Wildman–Crippen MR) is 74.3 cm³/mol. The molecule has 1 N–H and O–H groups in total. The molecule has 19 heavy (non-hydrogen) atoms. The fourth-order valence-electron chi connectivity index (χ4n) is 1.70. The Morgan fingerprint density at radius 3 is 2.58 bits per heavy atom. The molecule has 0 saturated carbocycles. The number of ether oxygens (including phenoxy) is 1. The maximum absolute atomic E-state index is 10.8. The van der Waals surface area contributed by atoms with Crippen LogP contribution >= 0.6 is 11.6 Å². The number of halogens is 1. The van der Waals surface area contributed by atoms with Crippen molar-refractivity contribution in [3.63, 3.8) is 0 Å². The van der Waals surface area contributed by atoms with Crippen LogP contribution in [0.3, 0.4) is 0 Å². The van der Waals surface area contributed by atoms with Gasteiger partial charge in [0.25, 0.3) is 0 Å². The Bertz CT molecular complexity index is 608. The van der Waals surface area contributed by atoms with Crippen LogP contribution in [0.4, 0.5) is 0 Å². The number of hydrogen-bond donors (Lipinski definition) is 1. The highest BCUT2D eigenvalue weighted by atomic mass is 35.5. The molecule has 0 unspecified atom stereocenters. The topological polar surface area (TPSA) is 46.5 Å². The Morgan fingerprint density at radius 1 is 1.21 bits per heavy atom. The summed E-state index contributed by atoms with van der Waals surface area (Å²) in [5.41, 5.74) is 1.24. The summed E-state index contributed by atoms with van der Waals surface area (Å²) < 4.78 is 5.66. The fraction of sp³-hybridized carbons (Fsp3) is 0.133. The van der Waals surface area contributed by atoms with Gasteiger partial charge in [0.2, 0.25) is 0 Å². The largest absolute Gasteiger partial charge is 0.478 e. The first-order chi connectivity index (χ1) is 9.10. The van der Waals surface area contributed by atoms with Gasteiger partial charge in [0.05, 0.1) is 10.6 Å². The van der Waals surface area contributed by atoms with Crippen LogP contribution in [-0.4, -0.2) is 11.1 Å². The Morgan fingerprint density at radius 2 is 1.95 bits per heavy atom. The van der Waals surface area contributed by atoms with Crippen molar-refractivity contribution < 1.29 is 14.6 Å². The van der Waals surface area contributed by atoms with Crippen molar-refractivity contribution in [2.75, 3.05) is 0 Å². The minimum Gasteiger partial charge on any atom is -0.478 e. The molecule has 3 nitrogen and oxygen atoms in total. The van der Waals surface area contributed by atoms with Gasteiger partial charge in [0.15, 0.2) is 0 Å². The molecule has 4 heteroatoms. The zero-order valence-electron chi connectivity index (χ0n) is 10.4. The summed E-state index contributed by atoms with van der Waals surface area (Å²) in [5, 5.41) is 9.05. The van der Waals surface area contributed by atoms with E-state index < -0.39 is 5.97 Å². The van der Waals surface area contributed by atoms with Crippen molar-refractivity contribution in [2.45, 2.75) is 13.3 Å². The van der Waals surface area contributed by atoms with Crippen LogP contribution in [0, 0.1) is 0 Å². The minimum atomic E-state index is -1.05. The molecule has 0 heterocycles. The van der Waals surface area contributed by atoms with Gasteiger partial charge in [0, 0.05) is 6.07 Å². The highest BCUT2D eigenvalue weighted by Gasteiger charge is 2.09. The van der Waals surface area contributed by atoms with Gasteiger partial charge in [-0.05, 0) is 36.2 Å². The standard InChI is InChI=1S/C15H13ClO3/c1-2-10-4-3-5-11(8-10)19-12-6-7-13(15(17)18)14(16)9-12/h3-9H,2H2,1H3,(H,17,18). The van der Waals surface area contributed by atoms with Crippen LogP contribution in [0.5, 0.6) is 11.5 Å². The highest BCUT2D eigenvalue weighted by Crippen LogP contribution is 2.27. The van der Waals surface area contributed by atoms with E-state index in [-0.39, 0.29) is 10.6 Å². The molecule has 0 aromatic heterocycles. The molecular formula is C15H13ClO3.